The van der Waals surface area contributed by atoms with Crippen LogP contribution in [-0.2, 0) is 13.5 Å². The smallest absolute Gasteiger partial charge is 0.0847 e. The highest BCUT2D eigenvalue weighted by Gasteiger charge is 2.51. The molecule has 2 aliphatic rings. The molecule has 0 aliphatic heterocycles. The molecule has 0 aromatic carbocycles. The van der Waals surface area contributed by atoms with E-state index in [1.165, 1.54) is 31.4 Å². The molecule has 118 valence electrons. The predicted molar refractivity (Wildman–Crippen MR) is 87.7 cm³/mol. The molecular weight excluding hydrogens is 282 g/mol. The van der Waals surface area contributed by atoms with Crippen molar-refractivity contribution in [3.8, 4) is 0 Å². The summed E-state index contributed by atoms with van der Waals surface area (Å²) in [5.41, 5.74) is 2.58. The minimum atomic E-state index is 0.386. The second kappa shape index (κ2) is 5.58. The first-order valence-electron chi connectivity index (χ1n) is 8.32. The van der Waals surface area contributed by atoms with E-state index in [1.54, 1.807) is 0 Å². The zero-order chi connectivity index (χ0) is 15.2. The third-order valence-corrected chi connectivity index (χ3v) is 6.24. The van der Waals surface area contributed by atoms with E-state index in [2.05, 4.69) is 24.3 Å². The van der Waals surface area contributed by atoms with Crippen LogP contribution in [-0.4, -0.2) is 22.4 Å². The molecule has 0 spiro atoms. The van der Waals surface area contributed by atoms with Crippen LogP contribution in [0.4, 0.5) is 0 Å². The Morgan fingerprint density at radius 1 is 1.43 bits per heavy atom. The second-order valence-corrected chi connectivity index (χ2v) is 8.00. The SMILES string of the molecule is Cc1nn(C)c(CC2(CNC(C)C)CC3CCC2C3)c1Cl. The lowest BCUT2D eigenvalue weighted by Gasteiger charge is -2.39. The lowest BCUT2D eigenvalue weighted by molar-refractivity contribution is 0.149. The number of hydrogen-bond donors (Lipinski definition) is 1. The summed E-state index contributed by atoms with van der Waals surface area (Å²) in [4.78, 5) is 0. The van der Waals surface area contributed by atoms with Gasteiger partial charge in [0.15, 0.2) is 0 Å². The van der Waals surface area contributed by atoms with E-state index in [0.717, 1.165) is 35.5 Å². The topological polar surface area (TPSA) is 29.9 Å². The number of aromatic nitrogens is 2. The van der Waals surface area contributed by atoms with Crippen molar-refractivity contribution < 1.29 is 0 Å². The third-order valence-electron chi connectivity index (χ3n) is 5.75. The molecule has 1 N–H and O–H groups in total. The molecular formula is C17H28ClN3. The van der Waals surface area contributed by atoms with Crippen molar-refractivity contribution in [3.63, 3.8) is 0 Å². The Hall–Kier alpha value is -0.540. The Bertz CT molecular complexity index is 522. The van der Waals surface area contributed by atoms with Gasteiger partial charge in [0.25, 0.3) is 0 Å². The van der Waals surface area contributed by atoms with Crippen LogP contribution in [0.5, 0.6) is 0 Å². The van der Waals surface area contributed by atoms with Crippen molar-refractivity contribution in [2.45, 2.75) is 58.9 Å². The molecule has 1 heterocycles. The maximum atomic E-state index is 6.52. The van der Waals surface area contributed by atoms with Crippen LogP contribution in [0.25, 0.3) is 0 Å². The van der Waals surface area contributed by atoms with E-state index < -0.39 is 0 Å². The molecule has 2 saturated carbocycles. The van der Waals surface area contributed by atoms with E-state index in [0.29, 0.717) is 11.5 Å². The molecule has 1 aromatic heterocycles. The largest absolute Gasteiger partial charge is 0.314 e. The highest BCUT2D eigenvalue weighted by molar-refractivity contribution is 6.31. The van der Waals surface area contributed by atoms with Crippen LogP contribution < -0.4 is 5.32 Å². The van der Waals surface area contributed by atoms with Crippen molar-refractivity contribution in [2.75, 3.05) is 6.54 Å². The molecule has 3 unspecified atom stereocenters. The highest BCUT2D eigenvalue weighted by atomic mass is 35.5. The summed E-state index contributed by atoms with van der Waals surface area (Å²) >= 11 is 6.52. The van der Waals surface area contributed by atoms with Crippen molar-refractivity contribution in [1.29, 1.82) is 0 Å². The van der Waals surface area contributed by atoms with Crippen LogP contribution >= 0.6 is 11.6 Å². The molecule has 0 radical (unpaired) electrons. The van der Waals surface area contributed by atoms with Crippen molar-refractivity contribution in [1.82, 2.24) is 15.1 Å². The summed E-state index contributed by atoms with van der Waals surface area (Å²) in [5.74, 6) is 1.80. The first-order valence-corrected chi connectivity index (χ1v) is 8.70. The molecule has 0 amide bonds. The van der Waals surface area contributed by atoms with Gasteiger partial charge in [-0.1, -0.05) is 31.9 Å². The zero-order valence-electron chi connectivity index (χ0n) is 13.7. The van der Waals surface area contributed by atoms with Crippen LogP contribution in [0.15, 0.2) is 0 Å². The summed E-state index contributed by atoms with van der Waals surface area (Å²) < 4.78 is 2.00. The van der Waals surface area contributed by atoms with Crippen molar-refractivity contribution >= 4 is 11.6 Å². The van der Waals surface area contributed by atoms with Gasteiger partial charge in [-0.15, -0.1) is 0 Å². The van der Waals surface area contributed by atoms with E-state index in [4.69, 9.17) is 11.6 Å². The highest BCUT2D eigenvalue weighted by Crippen LogP contribution is 2.57. The summed E-state index contributed by atoms with van der Waals surface area (Å²) in [6.45, 7) is 7.60. The summed E-state index contributed by atoms with van der Waals surface area (Å²) in [6.07, 6.45) is 6.70. The van der Waals surface area contributed by atoms with Gasteiger partial charge in [0.1, 0.15) is 0 Å². The number of hydrogen-bond acceptors (Lipinski definition) is 2. The summed E-state index contributed by atoms with van der Waals surface area (Å²) in [5, 5.41) is 9.09. The Morgan fingerprint density at radius 3 is 2.67 bits per heavy atom. The second-order valence-electron chi connectivity index (χ2n) is 7.62. The fraction of sp³-hybridized carbons (Fsp3) is 0.824. The van der Waals surface area contributed by atoms with Gasteiger partial charge in [-0.2, -0.15) is 5.10 Å². The zero-order valence-corrected chi connectivity index (χ0v) is 14.5. The minimum absolute atomic E-state index is 0.386. The molecule has 0 saturated heterocycles. The van der Waals surface area contributed by atoms with Crippen LogP contribution in [0.1, 0.15) is 50.9 Å². The van der Waals surface area contributed by atoms with Crippen LogP contribution in [0, 0.1) is 24.2 Å². The van der Waals surface area contributed by atoms with Gasteiger partial charge in [-0.3, -0.25) is 4.68 Å². The van der Waals surface area contributed by atoms with Crippen molar-refractivity contribution in [2.24, 2.45) is 24.3 Å². The van der Waals surface area contributed by atoms with Gasteiger partial charge in [0, 0.05) is 19.6 Å². The van der Waals surface area contributed by atoms with E-state index >= 15 is 0 Å². The molecule has 1 aromatic rings. The summed E-state index contributed by atoms with van der Waals surface area (Å²) in [6, 6.07) is 0.546. The van der Waals surface area contributed by atoms with Gasteiger partial charge in [-0.25, -0.2) is 0 Å². The molecule has 3 rings (SSSR count). The Labute approximate surface area is 133 Å². The first kappa shape index (κ1) is 15.4. The normalized spacial score (nSPS) is 31.5. The monoisotopic (exact) mass is 309 g/mol. The van der Waals surface area contributed by atoms with E-state index in [1.807, 2.05) is 18.7 Å². The number of aryl methyl sites for hydroxylation is 2. The third kappa shape index (κ3) is 2.75. The van der Waals surface area contributed by atoms with Gasteiger partial charge in [0.2, 0.25) is 0 Å². The standard InChI is InChI=1S/C17H28ClN3/c1-11(2)19-10-17(8-13-5-6-14(17)7-13)9-15-16(18)12(3)20-21(15)4/h11,13-14,19H,5-10H2,1-4H3. The molecule has 2 bridgehead atoms. The maximum absolute atomic E-state index is 6.52. The van der Waals surface area contributed by atoms with Gasteiger partial charge >= 0.3 is 0 Å². The molecule has 3 nitrogen and oxygen atoms in total. The number of fused-ring (bicyclic) bond motifs is 2. The minimum Gasteiger partial charge on any atom is -0.314 e. The molecule has 2 fully saturated rings. The van der Waals surface area contributed by atoms with Gasteiger partial charge in [0.05, 0.1) is 16.4 Å². The van der Waals surface area contributed by atoms with Crippen LogP contribution in [0.3, 0.4) is 0 Å². The maximum Gasteiger partial charge on any atom is 0.0847 e. The predicted octanol–water partition coefficient (Wildman–Crippen LogP) is 3.73. The average molecular weight is 310 g/mol. The Balaban J connectivity index is 1.86. The van der Waals surface area contributed by atoms with Gasteiger partial charge in [-0.05, 0) is 49.9 Å². The average Bonchev–Trinajstić information content (AvgIpc) is 3.08. The molecule has 4 heteroatoms. The number of halogens is 1. The fourth-order valence-electron chi connectivity index (χ4n) is 4.67. The number of rotatable bonds is 5. The van der Waals surface area contributed by atoms with E-state index in [9.17, 15) is 0 Å². The number of nitrogens with one attached hydrogen (secondary N) is 1. The Kier molecular flexibility index (Phi) is 4.08. The molecule has 21 heavy (non-hydrogen) atoms. The Morgan fingerprint density at radius 2 is 2.19 bits per heavy atom. The van der Waals surface area contributed by atoms with Gasteiger partial charge < -0.3 is 5.32 Å². The summed E-state index contributed by atoms with van der Waals surface area (Å²) in [7, 11) is 2.03. The lowest BCUT2D eigenvalue weighted by Crippen LogP contribution is -2.43. The quantitative estimate of drug-likeness (QED) is 0.898. The fourth-order valence-corrected chi connectivity index (χ4v) is 4.89. The van der Waals surface area contributed by atoms with Crippen LogP contribution in [0.2, 0.25) is 5.02 Å². The number of nitrogens with zero attached hydrogens (tertiary/aromatic N) is 2. The molecule has 2 aliphatic carbocycles. The lowest BCUT2D eigenvalue weighted by atomic mass is 9.70. The molecule has 3 atom stereocenters. The van der Waals surface area contributed by atoms with Crippen molar-refractivity contribution in [3.05, 3.63) is 16.4 Å². The first-order chi connectivity index (χ1) is 9.91. The van der Waals surface area contributed by atoms with E-state index in [-0.39, 0.29) is 0 Å².